The first-order valence-electron chi connectivity index (χ1n) is 5.03. The van der Waals surface area contributed by atoms with E-state index in [1.54, 1.807) is 6.26 Å². The molecule has 2 aromatic rings. The molecule has 3 rings (SSSR count). The Morgan fingerprint density at radius 2 is 2.25 bits per heavy atom. The van der Waals surface area contributed by atoms with E-state index >= 15 is 0 Å². The third-order valence-corrected chi connectivity index (χ3v) is 3.68. The van der Waals surface area contributed by atoms with E-state index in [1.165, 1.54) is 0 Å². The third kappa shape index (κ3) is 1.39. The summed E-state index contributed by atoms with van der Waals surface area (Å²) < 4.78 is 5.25. The van der Waals surface area contributed by atoms with Crippen LogP contribution in [0.15, 0.2) is 16.7 Å². The van der Waals surface area contributed by atoms with Crippen LogP contribution in [0.3, 0.4) is 0 Å². The summed E-state index contributed by atoms with van der Waals surface area (Å²) >= 11 is 1.82. The molecule has 3 heterocycles. The van der Waals surface area contributed by atoms with Gasteiger partial charge in [0.25, 0.3) is 0 Å². The average molecular weight is 233 g/mol. The molecule has 1 aliphatic heterocycles. The van der Waals surface area contributed by atoms with Crippen molar-refractivity contribution in [3.63, 3.8) is 0 Å². The maximum Gasteiger partial charge on any atom is 0.165 e. The summed E-state index contributed by atoms with van der Waals surface area (Å²) in [5, 5.41) is 0. The van der Waals surface area contributed by atoms with Gasteiger partial charge in [-0.3, -0.25) is 0 Å². The van der Waals surface area contributed by atoms with Crippen LogP contribution in [0.2, 0.25) is 0 Å². The highest BCUT2D eigenvalue weighted by molar-refractivity contribution is 7.98. The molecule has 82 valence electrons. The van der Waals surface area contributed by atoms with Crippen LogP contribution in [0.5, 0.6) is 0 Å². The fourth-order valence-electron chi connectivity index (χ4n) is 1.81. The minimum Gasteiger partial charge on any atom is -0.469 e. The lowest BCUT2D eigenvalue weighted by Crippen LogP contribution is -2.02. The molecule has 0 atom stereocenters. The molecule has 0 radical (unpaired) electrons. The number of furan rings is 1. The summed E-state index contributed by atoms with van der Waals surface area (Å²) in [6.07, 6.45) is 1.65. The highest BCUT2D eigenvalue weighted by Gasteiger charge is 2.19. The van der Waals surface area contributed by atoms with Gasteiger partial charge in [0.1, 0.15) is 11.6 Å². The van der Waals surface area contributed by atoms with Crippen LogP contribution in [-0.4, -0.2) is 9.97 Å². The highest BCUT2D eigenvalue weighted by Crippen LogP contribution is 2.33. The Morgan fingerprint density at radius 3 is 3.00 bits per heavy atom. The lowest BCUT2D eigenvalue weighted by atomic mass is 10.2. The second kappa shape index (κ2) is 3.52. The van der Waals surface area contributed by atoms with Gasteiger partial charge in [0.15, 0.2) is 5.82 Å². The molecule has 16 heavy (non-hydrogen) atoms. The number of thioether (sulfide) groups is 1. The quantitative estimate of drug-likeness (QED) is 0.819. The number of rotatable bonds is 1. The van der Waals surface area contributed by atoms with Crippen LogP contribution in [0, 0.1) is 6.92 Å². The van der Waals surface area contributed by atoms with Crippen molar-refractivity contribution in [2.24, 2.45) is 0 Å². The van der Waals surface area contributed by atoms with Crippen molar-refractivity contribution in [3.8, 4) is 11.4 Å². The Labute approximate surface area is 97.3 Å². The van der Waals surface area contributed by atoms with E-state index in [0.717, 1.165) is 34.1 Å². The normalized spacial score (nSPS) is 14.1. The van der Waals surface area contributed by atoms with Crippen molar-refractivity contribution in [2.45, 2.75) is 18.4 Å². The van der Waals surface area contributed by atoms with Gasteiger partial charge in [-0.25, -0.2) is 9.97 Å². The van der Waals surface area contributed by atoms with E-state index < -0.39 is 0 Å². The molecule has 4 nitrogen and oxygen atoms in total. The minimum atomic E-state index is 0.602. The molecule has 0 fully saturated rings. The molecule has 0 aliphatic carbocycles. The number of anilines is 1. The molecule has 0 aromatic carbocycles. The van der Waals surface area contributed by atoms with Crippen molar-refractivity contribution in [1.82, 2.24) is 9.97 Å². The summed E-state index contributed by atoms with van der Waals surface area (Å²) in [6.45, 7) is 1.90. The topological polar surface area (TPSA) is 64.9 Å². The van der Waals surface area contributed by atoms with Crippen LogP contribution in [0.25, 0.3) is 11.4 Å². The van der Waals surface area contributed by atoms with E-state index in [1.807, 2.05) is 24.8 Å². The van der Waals surface area contributed by atoms with E-state index in [9.17, 15) is 0 Å². The number of aromatic nitrogens is 2. The summed E-state index contributed by atoms with van der Waals surface area (Å²) in [4.78, 5) is 8.89. The van der Waals surface area contributed by atoms with Gasteiger partial charge in [-0.2, -0.15) is 11.8 Å². The lowest BCUT2D eigenvalue weighted by molar-refractivity contribution is 0.535. The van der Waals surface area contributed by atoms with Crippen molar-refractivity contribution in [3.05, 3.63) is 29.3 Å². The van der Waals surface area contributed by atoms with Crippen LogP contribution < -0.4 is 5.73 Å². The Bertz CT molecular complexity index is 550. The number of nitrogen functional groups attached to an aromatic ring is 1. The number of fused-ring (bicyclic) bond motifs is 1. The second-order valence-corrected chi connectivity index (χ2v) is 4.73. The predicted molar refractivity (Wildman–Crippen MR) is 63.9 cm³/mol. The van der Waals surface area contributed by atoms with Crippen LogP contribution >= 0.6 is 11.8 Å². The van der Waals surface area contributed by atoms with Crippen molar-refractivity contribution in [1.29, 1.82) is 0 Å². The molecule has 0 amide bonds. The summed E-state index contributed by atoms with van der Waals surface area (Å²) in [5.41, 5.74) is 9.01. The highest BCUT2D eigenvalue weighted by atomic mass is 32.2. The van der Waals surface area contributed by atoms with E-state index in [4.69, 9.17) is 10.2 Å². The number of nitrogens with two attached hydrogens (primary N) is 1. The zero-order valence-electron chi connectivity index (χ0n) is 8.86. The van der Waals surface area contributed by atoms with Gasteiger partial charge in [0, 0.05) is 17.1 Å². The first kappa shape index (κ1) is 9.72. The predicted octanol–water partition coefficient (Wildman–Crippen LogP) is 2.37. The smallest absolute Gasteiger partial charge is 0.165 e. The Morgan fingerprint density at radius 1 is 1.38 bits per heavy atom. The van der Waals surface area contributed by atoms with Gasteiger partial charge in [0.05, 0.1) is 17.5 Å². The van der Waals surface area contributed by atoms with E-state index in [-0.39, 0.29) is 0 Å². The van der Waals surface area contributed by atoms with Crippen LogP contribution in [0.1, 0.15) is 17.0 Å². The molecular weight excluding hydrogens is 222 g/mol. The van der Waals surface area contributed by atoms with Gasteiger partial charge in [0.2, 0.25) is 0 Å². The first-order chi connectivity index (χ1) is 7.75. The third-order valence-electron chi connectivity index (χ3n) is 2.71. The maximum absolute atomic E-state index is 5.93. The fourth-order valence-corrected chi connectivity index (χ4v) is 2.87. The molecule has 5 heteroatoms. The molecule has 0 saturated carbocycles. The van der Waals surface area contributed by atoms with Gasteiger partial charge in [-0.15, -0.1) is 0 Å². The average Bonchev–Trinajstić information content (AvgIpc) is 2.85. The van der Waals surface area contributed by atoms with E-state index in [0.29, 0.717) is 11.6 Å². The summed E-state index contributed by atoms with van der Waals surface area (Å²) in [6, 6.07) is 1.87. The number of nitrogens with zero attached hydrogens (tertiary/aromatic N) is 2. The lowest BCUT2D eigenvalue weighted by Gasteiger charge is -2.04. The molecule has 0 spiro atoms. The minimum absolute atomic E-state index is 0.602. The molecular formula is C11H11N3OS. The zero-order chi connectivity index (χ0) is 11.1. The first-order valence-corrected chi connectivity index (χ1v) is 6.18. The van der Waals surface area contributed by atoms with Crippen molar-refractivity contribution < 1.29 is 4.42 Å². The van der Waals surface area contributed by atoms with Crippen molar-refractivity contribution in [2.75, 3.05) is 5.73 Å². The van der Waals surface area contributed by atoms with Gasteiger partial charge >= 0.3 is 0 Å². The number of hydrogen-bond donors (Lipinski definition) is 1. The maximum atomic E-state index is 5.93. The van der Waals surface area contributed by atoms with Gasteiger partial charge in [-0.05, 0) is 13.0 Å². The standard InChI is InChI=1S/C11H11N3OS/c1-6-7(2-3-15-6)11-13-9-5-16-4-8(9)10(12)14-11/h2-3H,4-5H2,1H3,(H2,12,13,14). The zero-order valence-corrected chi connectivity index (χ0v) is 9.67. The Balaban J connectivity index is 2.17. The van der Waals surface area contributed by atoms with Crippen LogP contribution in [-0.2, 0) is 11.5 Å². The Hall–Kier alpha value is -1.49. The number of aryl methyl sites for hydroxylation is 1. The fraction of sp³-hybridized carbons (Fsp3) is 0.273. The molecule has 0 saturated heterocycles. The molecule has 2 N–H and O–H groups in total. The molecule has 2 aromatic heterocycles. The largest absolute Gasteiger partial charge is 0.469 e. The molecule has 0 bridgehead atoms. The van der Waals surface area contributed by atoms with Crippen LogP contribution in [0.4, 0.5) is 5.82 Å². The Kier molecular flexibility index (Phi) is 2.14. The molecule has 1 aliphatic rings. The second-order valence-electron chi connectivity index (χ2n) is 3.74. The molecule has 0 unspecified atom stereocenters. The van der Waals surface area contributed by atoms with Gasteiger partial charge < -0.3 is 10.2 Å². The van der Waals surface area contributed by atoms with E-state index in [2.05, 4.69) is 9.97 Å². The van der Waals surface area contributed by atoms with Crippen molar-refractivity contribution >= 4 is 17.6 Å². The summed E-state index contributed by atoms with van der Waals surface area (Å²) in [7, 11) is 0. The van der Waals surface area contributed by atoms with Gasteiger partial charge in [-0.1, -0.05) is 0 Å². The number of hydrogen-bond acceptors (Lipinski definition) is 5. The summed E-state index contributed by atoms with van der Waals surface area (Å²) in [5.74, 6) is 3.94. The SMILES string of the molecule is Cc1occc1-c1nc(N)c2c(n1)CSC2. The monoisotopic (exact) mass is 233 g/mol.